The summed E-state index contributed by atoms with van der Waals surface area (Å²) in [5.41, 5.74) is 2.74. The Morgan fingerprint density at radius 1 is 0.688 bits per heavy atom. The molecule has 0 fully saturated rings. The Hall–Kier alpha value is -1.60. The van der Waals surface area contributed by atoms with Crippen molar-refractivity contribution in [3.63, 3.8) is 0 Å². The molecule has 1 N–H and O–H groups in total. The zero-order chi connectivity index (χ0) is 11.4. The average Bonchev–Trinajstić information content (AvgIpc) is 2.31. The standard InChI is InChI=1S/C15H17N/c1-16(2)15(13-9-5-3-6-10-13)14-11-7-4-8-12-14/h3-12,15H,1-2H3/p+1. The van der Waals surface area contributed by atoms with E-state index in [1.54, 1.807) is 0 Å². The molecule has 0 aliphatic heterocycles. The number of hydrogen-bond donors (Lipinski definition) is 1. The van der Waals surface area contributed by atoms with Gasteiger partial charge < -0.3 is 4.90 Å². The Morgan fingerprint density at radius 3 is 1.38 bits per heavy atom. The van der Waals surface area contributed by atoms with Crippen molar-refractivity contribution in [2.75, 3.05) is 14.1 Å². The third-order valence-electron chi connectivity index (χ3n) is 2.84. The molecule has 2 aromatic rings. The van der Waals surface area contributed by atoms with Crippen LogP contribution < -0.4 is 4.90 Å². The van der Waals surface area contributed by atoms with Crippen LogP contribution in [0.25, 0.3) is 0 Å². The molecular formula is C15H18N+. The zero-order valence-electron chi connectivity index (χ0n) is 9.85. The number of benzene rings is 2. The Morgan fingerprint density at radius 2 is 1.06 bits per heavy atom. The van der Waals surface area contributed by atoms with Gasteiger partial charge in [0.05, 0.1) is 14.1 Å². The normalized spacial score (nSPS) is 11.0. The van der Waals surface area contributed by atoms with Crippen molar-refractivity contribution in [2.24, 2.45) is 0 Å². The van der Waals surface area contributed by atoms with Gasteiger partial charge in [-0.1, -0.05) is 60.7 Å². The quantitative estimate of drug-likeness (QED) is 0.793. The van der Waals surface area contributed by atoms with Gasteiger partial charge in [-0.05, 0) is 0 Å². The molecule has 0 saturated heterocycles. The van der Waals surface area contributed by atoms with Crippen LogP contribution in [0.15, 0.2) is 60.7 Å². The molecule has 0 heterocycles. The lowest BCUT2D eigenvalue weighted by Crippen LogP contribution is -3.06. The molecule has 16 heavy (non-hydrogen) atoms. The van der Waals surface area contributed by atoms with Crippen LogP contribution >= 0.6 is 0 Å². The highest BCUT2D eigenvalue weighted by Crippen LogP contribution is 2.17. The van der Waals surface area contributed by atoms with Gasteiger partial charge in [-0.3, -0.25) is 0 Å². The van der Waals surface area contributed by atoms with E-state index in [9.17, 15) is 0 Å². The highest BCUT2D eigenvalue weighted by atomic mass is 15.1. The second kappa shape index (κ2) is 4.95. The largest absolute Gasteiger partial charge is 0.330 e. The third kappa shape index (κ3) is 2.31. The van der Waals surface area contributed by atoms with E-state index in [1.807, 2.05) is 0 Å². The highest BCUT2D eigenvalue weighted by molar-refractivity contribution is 5.29. The smallest absolute Gasteiger partial charge is 0.138 e. The van der Waals surface area contributed by atoms with Gasteiger partial charge in [-0.2, -0.15) is 0 Å². The number of hydrogen-bond acceptors (Lipinski definition) is 0. The van der Waals surface area contributed by atoms with Crippen LogP contribution in [-0.4, -0.2) is 14.1 Å². The van der Waals surface area contributed by atoms with Gasteiger partial charge in [-0.25, -0.2) is 0 Å². The third-order valence-corrected chi connectivity index (χ3v) is 2.84. The maximum absolute atomic E-state index is 2.20. The molecule has 0 atom stereocenters. The fourth-order valence-electron chi connectivity index (χ4n) is 2.15. The van der Waals surface area contributed by atoms with Gasteiger partial charge in [0, 0.05) is 11.1 Å². The fraction of sp³-hybridized carbons (Fsp3) is 0.200. The van der Waals surface area contributed by atoms with E-state index in [1.165, 1.54) is 16.0 Å². The van der Waals surface area contributed by atoms with Crippen LogP contribution in [0, 0.1) is 0 Å². The minimum atomic E-state index is 0.419. The van der Waals surface area contributed by atoms with Crippen LogP contribution in [0.3, 0.4) is 0 Å². The molecule has 82 valence electrons. The topological polar surface area (TPSA) is 4.44 Å². The molecule has 0 bridgehead atoms. The van der Waals surface area contributed by atoms with Gasteiger partial charge in [-0.15, -0.1) is 0 Å². The van der Waals surface area contributed by atoms with Crippen LogP contribution in [0.5, 0.6) is 0 Å². The summed E-state index contributed by atoms with van der Waals surface area (Å²) in [5.74, 6) is 0. The van der Waals surface area contributed by atoms with Gasteiger partial charge in [0.2, 0.25) is 0 Å². The average molecular weight is 212 g/mol. The van der Waals surface area contributed by atoms with Crippen LogP contribution in [0.4, 0.5) is 0 Å². The maximum Gasteiger partial charge on any atom is 0.138 e. The van der Waals surface area contributed by atoms with E-state index in [-0.39, 0.29) is 0 Å². The second-order valence-corrected chi connectivity index (χ2v) is 4.33. The molecule has 0 aliphatic rings. The Balaban J connectivity index is 2.40. The molecule has 2 aromatic carbocycles. The number of quaternary nitrogens is 1. The van der Waals surface area contributed by atoms with E-state index >= 15 is 0 Å². The Kier molecular flexibility index (Phi) is 3.37. The first-order valence-electron chi connectivity index (χ1n) is 5.69. The molecule has 1 heteroatoms. The lowest BCUT2D eigenvalue weighted by atomic mass is 9.98. The predicted molar refractivity (Wildman–Crippen MR) is 67.5 cm³/mol. The van der Waals surface area contributed by atoms with Gasteiger partial charge >= 0.3 is 0 Å². The van der Waals surface area contributed by atoms with E-state index in [0.717, 1.165) is 0 Å². The van der Waals surface area contributed by atoms with Crippen molar-refractivity contribution in [3.05, 3.63) is 71.8 Å². The van der Waals surface area contributed by atoms with E-state index in [0.29, 0.717) is 6.04 Å². The lowest BCUT2D eigenvalue weighted by Gasteiger charge is -2.22. The SMILES string of the molecule is C[NH+](C)C(c1ccccc1)c1ccccc1. The number of nitrogens with one attached hydrogen (secondary N) is 1. The summed E-state index contributed by atoms with van der Waals surface area (Å²) in [6.07, 6.45) is 0. The molecule has 0 unspecified atom stereocenters. The second-order valence-electron chi connectivity index (χ2n) is 4.33. The maximum atomic E-state index is 2.20. The van der Waals surface area contributed by atoms with Crippen molar-refractivity contribution < 1.29 is 4.90 Å². The first-order chi connectivity index (χ1) is 7.79. The fourth-order valence-corrected chi connectivity index (χ4v) is 2.15. The first kappa shape index (κ1) is 10.9. The molecule has 0 saturated carbocycles. The van der Waals surface area contributed by atoms with Crippen LogP contribution in [0.2, 0.25) is 0 Å². The molecular weight excluding hydrogens is 194 g/mol. The predicted octanol–water partition coefficient (Wildman–Crippen LogP) is 1.92. The molecule has 0 aromatic heterocycles. The summed E-state index contributed by atoms with van der Waals surface area (Å²) in [7, 11) is 4.40. The van der Waals surface area contributed by atoms with Gasteiger partial charge in [0.15, 0.2) is 0 Å². The molecule has 0 amide bonds. The van der Waals surface area contributed by atoms with Crippen molar-refractivity contribution in [1.29, 1.82) is 0 Å². The summed E-state index contributed by atoms with van der Waals surface area (Å²) in [4.78, 5) is 1.43. The van der Waals surface area contributed by atoms with E-state index < -0.39 is 0 Å². The molecule has 1 nitrogen and oxygen atoms in total. The summed E-state index contributed by atoms with van der Waals surface area (Å²) >= 11 is 0. The van der Waals surface area contributed by atoms with Gasteiger partial charge in [0.1, 0.15) is 6.04 Å². The van der Waals surface area contributed by atoms with Crippen LogP contribution in [-0.2, 0) is 0 Å². The zero-order valence-corrected chi connectivity index (χ0v) is 9.85. The van der Waals surface area contributed by atoms with Crippen LogP contribution in [0.1, 0.15) is 17.2 Å². The highest BCUT2D eigenvalue weighted by Gasteiger charge is 2.18. The molecule has 0 radical (unpaired) electrons. The Labute approximate surface area is 97.3 Å². The summed E-state index contributed by atoms with van der Waals surface area (Å²) in [5, 5.41) is 0. The van der Waals surface area contributed by atoms with Gasteiger partial charge in [0.25, 0.3) is 0 Å². The number of rotatable bonds is 3. The molecule has 0 spiro atoms. The van der Waals surface area contributed by atoms with Crippen molar-refractivity contribution >= 4 is 0 Å². The van der Waals surface area contributed by atoms with Crippen molar-refractivity contribution in [3.8, 4) is 0 Å². The first-order valence-corrected chi connectivity index (χ1v) is 5.69. The molecule has 0 aliphatic carbocycles. The monoisotopic (exact) mass is 212 g/mol. The minimum Gasteiger partial charge on any atom is -0.330 e. The summed E-state index contributed by atoms with van der Waals surface area (Å²) < 4.78 is 0. The minimum absolute atomic E-state index is 0.419. The van der Waals surface area contributed by atoms with E-state index in [4.69, 9.17) is 0 Å². The van der Waals surface area contributed by atoms with Crippen molar-refractivity contribution in [1.82, 2.24) is 0 Å². The summed E-state index contributed by atoms with van der Waals surface area (Å²) in [6, 6.07) is 21.8. The molecule has 2 rings (SSSR count). The van der Waals surface area contributed by atoms with Crippen molar-refractivity contribution in [2.45, 2.75) is 6.04 Å². The lowest BCUT2D eigenvalue weighted by molar-refractivity contribution is -0.885. The Bertz CT molecular complexity index is 380. The van der Waals surface area contributed by atoms with E-state index in [2.05, 4.69) is 74.8 Å². The summed E-state index contributed by atoms with van der Waals surface area (Å²) in [6.45, 7) is 0.